The van der Waals surface area contributed by atoms with E-state index in [4.69, 9.17) is 5.73 Å². The lowest BCUT2D eigenvalue weighted by Crippen LogP contribution is -2.19. The summed E-state index contributed by atoms with van der Waals surface area (Å²) >= 11 is 0. The Hall–Kier alpha value is -1.10. The third-order valence-electron chi connectivity index (χ3n) is 2.62. The van der Waals surface area contributed by atoms with Gasteiger partial charge in [-0.05, 0) is 25.5 Å². The van der Waals surface area contributed by atoms with Crippen LogP contribution in [0.25, 0.3) is 0 Å². The molecule has 16 heavy (non-hydrogen) atoms. The standard InChI is InChI=1S/C11H16FNO2S/c1-3-8(2)16(14,15)7-9-4-5-10(13)6-11(9)12/h4-6,8H,3,7,13H2,1-2H3. The van der Waals surface area contributed by atoms with Crippen molar-refractivity contribution in [3.63, 3.8) is 0 Å². The molecule has 0 bridgehead atoms. The largest absolute Gasteiger partial charge is 0.399 e. The first kappa shape index (κ1) is 13.0. The molecule has 1 rings (SSSR count). The van der Waals surface area contributed by atoms with Crippen molar-refractivity contribution >= 4 is 15.5 Å². The molecule has 90 valence electrons. The highest BCUT2D eigenvalue weighted by Gasteiger charge is 2.21. The lowest BCUT2D eigenvalue weighted by molar-refractivity contribution is 0.574. The first-order chi connectivity index (χ1) is 7.36. The molecule has 0 amide bonds. The van der Waals surface area contributed by atoms with Gasteiger partial charge in [-0.3, -0.25) is 0 Å². The summed E-state index contributed by atoms with van der Waals surface area (Å²) in [5.74, 6) is -0.833. The van der Waals surface area contributed by atoms with Crippen LogP contribution in [0.1, 0.15) is 25.8 Å². The third kappa shape index (κ3) is 2.95. The van der Waals surface area contributed by atoms with E-state index in [1.54, 1.807) is 13.8 Å². The van der Waals surface area contributed by atoms with Gasteiger partial charge in [0.2, 0.25) is 0 Å². The molecule has 0 aliphatic carbocycles. The maximum atomic E-state index is 13.4. The molecule has 0 aromatic heterocycles. The van der Waals surface area contributed by atoms with Crippen molar-refractivity contribution in [2.24, 2.45) is 0 Å². The molecule has 1 unspecified atom stereocenters. The minimum Gasteiger partial charge on any atom is -0.399 e. The van der Waals surface area contributed by atoms with Crippen LogP contribution in [0.3, 0.4) is 0 Å². The van der Waals surface area contributed by atoms with Crippen LogP contribution in [0.5, 0.6) is 0 Å². The molecule has 1 aromatic rings. The first-order valence-corrected chi connectivity index (χ1v) is 6.84. The molecule has 0 spiro atoms. The number of nitrogen functional groups attached to an aromatic ring is 1. The molecule has 0 saturated heterocycles. The molecule has 1 aromatic carbocycles. The van der Waals surface area contributed by atoms with Crippen LogP contribution in [0.15, 0.2) is 18.2 Å². The molecule has 0 radical (unpaired) electrons. The minimum absolute atomic E-state index is 0.175. The zero-order valence-electron chi connectivity index (χ0n) is 9.40. The Morgan fingerprint density at radius 1 is 1.44 bits per heavy atom. The fourth-order valence-electron chi connectivity index (χ4n) is 1.29. The van der Waals surface area contributed by atoms with E-state index in [0.717, 1.165) is 6.07 Å². The second kappa shape index (κ2) is 4.82. The van der Waals surface area contributed by atoms with E-state index >= 15 is 0 Å². The van der Waals surface area contributed by atoms with Gasteiger partial charge in [0.15, 0.2) is 9.84 Å². The Kier molecular flexibility index (Phi) is 3.91. The van der Waals surface area contributed by atoms with Crippen molar-refractivity contribution in [3.05, 3.63) is 29.6 Å². The summed E-state index contributed by atoms with van der Waals surface area (Å²) in [6, 6.07) is 4.07. The van der Waals surface area contributed by atoms with E-state index < -0.39 is 20.9 Å². The van der Waals surface area contributed by atoms with E-state index in [9.17, 15) is 12.8 Å². The average Bonchev–Trinajstić information content (AvgIpc) is 2.21. The van der Waals surface area contributed by atoms with Crippen LogP contribution in [0.2, 0.25) is 0 Å². The van der Waals surface area contributed by atoms with Gasteiger partial charge in [0.25, 0.3) is 0 Å². The van der Waals surface area contributed by atoms with E-state index in [-0.39, 0.29) is 11.3 Å². The van der Waals surface area contributed by atoms with Crippen LogP contribution >= 0.6 is 0 Å². The molecule has 5 heteroatoms. The summed E-state index contributed by atoms with van der Waals surface area (Å²) in [7, 11) is -3.28. The van der Waals surface area contributed by atoms with E-state index in [0.29, 0.717) is 12.1 Å². The van der Waals surface area contributed by atoms with Crippen LogP contribution < -0.4 is 5.73 Å². The van der Waals surface area contributed by atoms with E-state index in [1.165, 1.54) is 12.1 Å². The van der Waals surface area contributed by atoms with Gasteiger partial charge in [-0.1, -0.05) is 13.0 Å². The molecule has 0 aliphatic heterocycles. The fraction of sp³-hybridized carbons (Fsp3) is 0.455. The third-order valence-corrected chi connectivity index (χ3v) is 4.89. The summed E-state index contributed by atoms with van der Waals surface area (Å²) in [6.45, 7) is 3.42. The summed E-state index contributed by atoms with van der Waals surface area (Å²) in [5.41, 5.74) is 5.86. The molecular formula is C11H16FNO2S. The number of benzene rings is 1. The SMILES string of the molecule is CCC(C)S(=O)(=O)Cc1ccc(N)cc1F. The predicted octanol–water partition coefficient (Wildman–Crippen LogP) is 2.12. The van der Waals surface area contributed by atoms with E-state index in [2.05, 4.69) is 0 Å². The number of hydrogen-bond acceptors (Lipinski definition) is 3. The van der Waals surface area contributed by atoms with Crippen molar-refractivity contribution in [3.8, 4) is 0 Å². The van der Waals surface area contributed by atoms with Gasteiger partial charge in [-0.2, -0.15) is 0 Å². The van der Waals surface area contributed by atoms with Gasteiger partial charge in [0, 0.05) is 11.3 Å². The number of hydrogen-bond donors (Lipinski definition) is 1. The van der Waals surface area contributed by atoms with E-state index in [1.807, 2.05) is 0 Å². The Labute approximate surface area is 95.4 Å². The maximum Gasteiger partial charge on any atom is 0.157 e. The van der Waals surface area contributed by atoms with Gasteiger partial charge in [-0.25, -0.2) is 12.8 Å². The minimum atomic E-state index is -3.28. The normalized spacial score (nSPS) is 13.7. The Balaban J connectivity index is 2.97. The molecular weight excluding hydrogens is 229 g/mol. The summed E-state index contributed by atoms with van der Waals surface area (Å²) in [5, 5.41) is -0.454. The number of halogens is 1. The molecule has 3 nitrogen and oxygen atoms in total. The highest BCUT2D eigenvalue weighted by molar-refractivity contribution is 7.91. The Morgan fingerprint density at radius 3 is 2.56 bits per heavy atom. The average molecular weight is 245 g/mol. The molecule has 1 atom stereocenters. The molecule has 0 fully saturated rings. The number of rotatable bonds is 4. The topological polar surface area (TPSA) is 60.2 Å². The van der Waals surface area contributed by atoms with Crippen LogP contribution in [-0.4, -0.2) is 13.7 Å². The van der Waals surface area contributed by atoms with Crippen molar-refractivity contribution in [2.75, 3.05) is 5.73 Å². The summed E-state index contributed by atoms with van der Waals surface area (Å²) < 4.78 is 36.9. The molecule has 0 heterocycles. The lowest BCUT2D eigenvalue weighted by atomic mass is 10.2. The van der Waals surface area contributed by atoms with Crippen LogP contribution in [0.4, 0.5) is 10.1 Å². The summed E-state index contributed by atoms with van der Waals surface area (Å²) in [6.07, 6.45) is 0.527. The quantitative estimate of drug-likeness (QED) is 0.826. The summed E-state index contributed by atoms with van der Waals surface area (Å²) in [4.78, 5) is 0. The van der Waals surface area contributed by atoms with Crippen molar-refractivity contribution in [1.82, 2.24) is 0 Å². The van der Waals surface area contributed by atoms with Crippen molar-refractivity contribution < 1.29 is 12.8 Å². The van der Waals surface area contributed by atoms with Crippen LogP contribution in [0, 0.1) is 5.82 Å². The molecule has 2 N–H and O–H groups in total. The van der Waals surface area contributed by atoms with Gasteiger partial charge in [0.1, 0.15) is 5.82 Å². The zero-order valence-corrected chi connectivity index (χ0v) is 10.2. The number of sulfone groups is 1. The monoisotopic (exact) mass is 245 g/mol. The van der Waals surface area contributed by atoms with Gasteiger partial charge in [0.05, 0.1) is 11.0 Å². The van der Waals surface area contributed by atoms with Crippen LogP contribution in [-0.2, 0) is 15.6 Å². The Morgan fingerprint density at radius 2 is 2.06 bits per heavy atom. The van der Waals surface area contributed by atoms with Crippen molar-refractivity contribution in [2.45, 2.75) is 31.3 Å². The van der Waals surface area contributed by atoms with Crippen molar-refractivity contribution in [1.29, 1.82) is 0 Å². The highest BCUT2D eigenvalue weighted by Crippen LogP contribution is 2.18. The molecule has 0 aliphatic rings. The smallest absolute Gasteiger partial charge is 0.157 e. The zero-order chi connectivity index (χ0) is 12.3. The van der Waals surface area contributed by atoms with Gasteiger partial charge >= 0.3 is 0 Å². The predicted molar refractivity (Wildman–Crippen MR) is 63.2 cm³/mol. The Bertz CT molecular complexity index is 471. The second-order valence-electron chi connectivity index (χ2n) is 3.88. The second-order valence-corrected chi connectivity index (χ2v) is 6.30. The first-order valence-electron chi connectivity index (χ1n) is 5.12. The molecule has 0 saturated carbocycles. The number of nitrogens with two attached hydrogens (primary N) is 1. The maximum absolute atomic E-state index is 13.4. The van der Waals surface area contributed by atoms with Gasteiger partial charge in [-0.15, -0.1) is 0 Å². The fourth-order valence-corrected chi connectivity index (χ4v) is 2.75. The number of anilines is 1. The highest BCUT2D eigenvalue weighted by atomic mass is 32.2. The lowest BCUT2D eigenvalue weighted by Gasteiger charge is -2.11. The van der Waals surface area contributed by atoms with Gasteiger partial charge < -0.3 is 5.73 Å².